The van der Waals surface area contributed by atoms with Gasteiger partial charge in [-0.15, -0.1) is 0 Å². The number of esters is 1. The fourth-order valence-electron chi connectivity index (χ4n) is 2.72. The normalized spacial score (nSPS) is 15.3. The molecular weight excluding hydrogens is 338 g/mol. The van der Waals surface area contributed by atoms with E-state index in [1.165, 1.54) is 7.11 Å². The Labute approximate surface area is 153 Å². The quantitative estimate of drug-likeness (QED) is 0.638. The third kappa shape index (κ3) is 5.53. The monoisotopic (exact) mass is 364 g/mol. The first-order valence-corrected chi connectivity index (χ1v) is 8.56. The maximum atomic E-state index is 12.3. The molecule has 8 heteroatoms. The Morgan fingerprint density at radius 3 is 2.58 bits per heavy atom. The predicted molar refractivity (Wildman–Crippen MR) is 95.2 cm³/mol. The molecule has 0 aliphatic carbocycles. The Balaban J connectivity index is 1.89. The van der Waals surface area contributed by atoms with E-state index in [-0.39, 0.29) is 24.9 Å². The van der Waals surface area contributed by atoms with Crippen LogP contribution in [0.3, 0.4) is 0 Å². The summed E-state index contributed by atoms with van der Waals surface area (Å²) in [5.74, 6) is -0.663. The summed E-state index contributed by atoms with van der Waals surface area (Å²) in [5.41, 5.74) is 1.77. The Morgan fingerprint density at radius 1 is 1.23 bits per heavy atom. The number of benzene rings is 1. The van der Waals surface area contributed by atoms with Crippen molar-refractivity contribution in [2.75, 3.05) is 58.9 Å². The maximum Gasteiger partial charge on any atom is 0.337 e. The van der Waals surface area contributed by atoms with E-state index in [0.29, 0.717) is 37.6 Å². The van der Waals surface area contributed by atoms with Gasteiger partial charge in [-0.2, -0.15) is 0 Å². The van der Waals surface area contributed by atoms with Gasteiger partial charge < -0.3 is 24.6 Å². The number of rotatable bonds is 6. The zero-order valence-electron chi connectivity index (χ0n) is 15.5. The van der Waals surface area contributed by atoms with Crippen LogP contribution in [0.1, 0.15) is 15.9 Å². The van der Waals surface area contributed by atoms with E-state index in [0.717, 1.165) is 10.5 Å². The number of likely N-dealkylation sites (N-methyl/N-ethyl adjacent to an activating group) is 1. The van der Waals surface area contributed by atoms with Crippen molar-refractivity contribution in [2.24, 2.45) is 0 Å². The number of quaternary nitrogens is 1. The number of hydrogen-bond acceptors (Lipinski definition) is 5. The lowest BCUT2D eigenvalue weighted by atomic mass is 10.1. The first-order chi connectivity index (χ1) is 12.4. The van der Waals surface area contributed by atoms with Crippen LogP contribution in [0, 0.1) is 6.92 Å². The van der Waals surface area contributed by atoms with Crippen LogP contribution in [0.2, 0.25) is 0 Å². The maximum absolute atomic E-state index is 12.3. The van der Waals surface area contributed by atoms with Gasteiger partial charge >= 0.3 is 5.97 Å². The van der Waals surface area contributed by atoms with E-state index in [1.807, 2.05) is 6.92 Å². The summed E-state index contributed by atoms with van der Waals surface area (Å²) in [6.45, 7) is 4.54. The molecule has 0 spiro atoms. The number of carbonyl (C=O) groups excluding carboxylic acids is 3. The molecule has 2 rings (SSSR count). The van der Waals surface area contributed by atoms with Crippen molar-refractivity contribution in [1.29, 1.82) is 0 Å². The van der Waals surface area contributed by atoms with Crippen molar-refractivity contribution in [2.45, 2.75) is 6.92 Å². The average molecular weight is 364 g/mol. The second-order valence-electron chi connectivity index (χ2n) is 6.37. The van der Waals surface area contributed by atoms with E-state index in [1.54, 1.807) is 30.1 Å². The lowest BCUT2D eigenvalue weighted by molar-refractivity contribution is -0.862. The molecule has 2 amide bonds. The van der Waals surface area contributed by atoms with E-state index in [2.05, 4.69) is 5.32 Å². The fourth-order valence-corrected chi connectivity index (χ4v) is 2.72. The second-order valence-corrected chi connectivity index (χ2v) is 6.37. The number of anilines is 1. The highest BCUT2D eigenvalue weighted by Gasteiger charge is 2.21. The van der Waals surface area contributed by atoms with Crippen LogP contribution < -0.4 is 10.2 Å². The Kier molecular flexibility index (Phi) is 7.11. The van der Waals surface area contributed by atoms with Gasteiger partial charge in [0, 0.05) is 18.8 Å². The molecule has 1 aliphatic heterocycles. The lowest BCUT2D eigenvalue weighted by Gasteiger charge is -2.27. The summed E-state index contributed by atoms with van der Waals surface area (Å²) >= 11 is 0. The van der Waals surface area contributed by atoms with E-state index in [4.69, 9.17) is 9.47 Å². The molecule has 1 fully saturated rings. The highest BCUT2D eigenvalue weighted by atomic mass is 16.5. The van der Waals surface area contributed by atoms with Gasteiger partial charge in [0.05, 0.1) is 32.9 Å². The fraction of sp³-hybridized carbons (Fsp3) is 0.500. The first-order valence-electron chi connectivity index (χ1n) is 8.56. The number of amides is 2. The molecule has 1 aromatic carbocycles. The van der Waals surface area contributed by atoms with Crippen molar-refractivity contribution in [3.8, 4) is 0 Å². The summed E-state index contributed by atoms with van der Waals surface area (Å²) in [5, 5.41) is 2.80. The van der Waals surface area contributed by atoms with Crippen LogP contribution in [0.25, 0.3) is 0 Å². The molecule has 1 heterocycles. The Hall–Kier alpha value is -2.45. The average Bonchev–Trinajstić information content (AvgIpc) is 2.63. The first kappa shape index (κ1) is 19.9. The molecule has 0 aromatic heterocycles. The number of ether oxygens (including phenoxy) is 2. The van der Waals surface area contributed by atoms with Gasteiger partial charge in [-0.25, -0.2) is 4.79 Å². The number of carbonyl (C=O) groups is 3. The van der Waals surface area contributed by atoms with Gasteiger partial charge in [-0.3, -0.25) is 9.59 Å². The number of morpholine rings is 1. The largest absolute Gasteiger partial charge is 0.465 e. The number of methoxy groups -OCH3 is 1. The number of hydrogen-bond donors (Lipinski definition) is 2. The van der Waals surface area contributed by atoms with Gasteiger partial charge in [-0.05, 0) is 24.6 Å². The van der Waals surface area contributed by atoms with Crippen molar-refractivity contribution in [1.82, 2.24) is 4.90 Å². The SMILES string of the molecule is COC(=O)c1ccc(C)c(NC(=O)C[NH+](C)CC(=O)N2CCOCC2)c1. The van der Waals surface area contributed by atoms with Gasteiger partial charge in [0.25, 0.3) is 11.8 Å². The molecule has 0 radical (unpaired) electrons. The summed E-state index contributed by atoms with van der Waals surface area (Å²) in [7, 11) is 3.11. The van der Waals surface area contributed by atoms with E-state index in [9.17, 15) is 14.4 Å². The Morgan fingerprint density at radius 2 is 1.92 bits per heavy atom. The number of nitrogens with zero attached hydrogens (tertiary/aromatic N) is 1. The van der Waals surface area contributed by atoms with E-state index >= 15 is 0 Å². The van der Waals surface area contributed by atoms with E-state index < -0.39 is 5.97 Å². The van der Waals surface area contributed by atoms with Crippen molar-refractivity contribution >= 4 is 23.5 Å². The molecule has 8 nitrogen and oxygen atoms in total. The topological polar surface area (TPSA) is 89.4 Å². The summed E-state index contributed by atoms with van der Waals surface area (Å²) in [6, 6.07) is 4.99. The number of aryl methyl sites for hydroxylation is 1. The zero-order valence-corrected chi connectivity index (χ0v) is 15.5. The van der Waals surface area contributed by atoms with Crippen LogP contribution in [0.15, 0.2) is 18.2 Å². The summed E-state index contributed by atoms with van der Waals surface area (Å²) in [4.78, 5) is 38.7. The highest BCUT2D eigenvalue weighted by molar-refractivity contribution is 5.95. The Bertz CT molecular complexity index is 671. The van der Waals surface area contributed by atoms with Gasteiger partial charge in [-0.1, -0.05) is 6.07 Å². The van der Waals surface area contributed by atoms with Gasteiger partial charge in [0.1, 0.15) is 0 Å². The third-order valence-corrected chi connectivity index (χ3v) is 4.21. The minimum absolute atomic E-state index is 0.0162. The summed E-state index contributed by atoms with van der Waals surface area (Å²) in [6.07, 6.45) is 0. The minimum atomic E-state index is -0.459. The molecule has 1 saturated heterocycles. The molecule has 1 unspecified atom stereocenters. The molecule has 0 bridgehead atoms. The highest BCUT2D eigenvalue weighted by Crippen LogP contribution is 2.17. The molecule has 2 N–H and O–H groups in total. The molecule has 1 aromatic rings. The van der Waals surface area contributed by atoms with Gasteiger partial charge in [0.2, 0.25) is 0 Å². The second kappa shape index (κ2) is 9.30. The molecule has 142 valence electrons. The molecule has 1 aliphatic rings. The predicted octanol–water partition coefficient (Wildman–Crippen LogP) is -0.906. The lowest BCUT2D eigenvalue weighted by Crippen LogP contribution is -3.11. The van der Waals surface area contributed by atoms with Crippen molar-refractivity contribution in [3.63, 3.8) is 0 Å². The van der Waals surface area contributed by atoms with Crippen LogP contribution in [-0.2, 0) is 19.1 Å². The van der Waals surface area contributed by atoms with Crippen molar-refractivity contribution < 1.29 is 28.8 Å². The zero-order chi connectivity index (χ0) is 19.1. The number of nitrogens with one attached hydrogen (secondary N) is 2. The molecule has 1 atom stereocenters. The molecule has 26 heavy (non-hydrogen) atoms. The van der Waals surface area contributed by atoms with Crippen LogP contribution in [-0.4, -0.2) is 76.2 Å². The minimum Gasteiger partial charge on any atom is -0.465 e. The van der Waals surface area contributed by atoms with Crippen molar-refractivity contribution in [3.05, 3.63) is 29.3 Å². The summed E-state index contributed by atoms with van der Waals surface area (Å²) < 4.78 is 9.93. The smallest absolute Gasteiger partial charge is 0.337 e. The van der Waals surface area contributed by atoms with Crippen LogP contribution >= 0.6 is 0 Å². The standard InChI is InChI=1S/C18H25N3O5/c1-13-4-5-14(18(24)25-3)10-15(13)19-16(22)11-20(2)12-17(23)21-6-8-26-9-7-21/h4-5,10H,6-9,11-12H2,1-3H3,(H,19,22)/p+1. The molecular formula is C18H26N3O5+. The third-order valence-electron chi connectivity index (χ3n) is 4.21. The van der Waals surface area contributed by atoms with Gasteiger partial charge in [0.15, 0.2) is 13.1 Å². The molecule has 0 saturated carbocycles. The van der Waals surface area contributed by atoms with Crippen LogP contribution in [0.5, 0.6) is 0 Å². The van der Waals surface area contributed by atoms with Crippen LogP contribution in [0.4, 0.5) is 5.69 Å².